The summed E-state index contributed by atoms with van der Waals surface area (Å²) in [6.45, 7) is 5.05. The van der Waals surface area contributed by atoms with E-state index in [2.05, 4.69) is 0 Å². The average Bonchev–Trinajstić information content (AvgIpc) is 2.48. The molecule has 2 aliphatic rings. The maximum Gasteiger partial charge on any atom is 0.336 e. The van der Waals surface area contributed by atoms with E-state index >= 15 is 0 Å². The van der Waals surface area contributed by atoms with Gasteiger partial charge in [0.25, 0.3) is 0 Å². The highest BCUT2D eigenvalue weighted by atomic mass is 32.2. The second-order valence-corrected chi connectivity index (χ2v) is 8.24. The van der Waals surface area contributed by atoms with Crippen molar-refractivity contribution >= 4 is 16.0 Å². The van der Waals surface area contributed by atoms with E-state index < -0.39 is 16.0 Å². The highest BCUT2D eigenvalue weighted by Crippen LogP contribution is 2.43. The van der Waals surface area contributed by atoms with Crippen LogP contribution in [0.15, 0.2) is 17.0 Å². The summed E-state index contributed by atoms with van der Waals surface area (Å²) in [7, 11) is -3.69. The average molecular weight is 339 g/mol. The van der Waals surface area contributed by atoms with Crippen LogP contribution >= 0.6 is 0 Å². The number of aromatic carboxylic acids is 1. The Hall–Kier alpha value is -1.44. The molecule has 2 fully saturated rings. The molecule has 2 heterocycles. The molecule has 2 saturated heterocycles. The zero-order valence-corrected chi connectivity index (χ0v) is 14.1. The van der Waals surface area contributed by atoms with Gasteiger partial charge in [0, 0.05) is 25.3 Å². The summed E-state index contributed by atoms with van der Waals surface area (Å²) in [6, 6.07) is 2.85. The van der Waals surface area contributed by atoms with Gasteiger partial charge >= 0.3 is 5.97 Å². The lowest BCUT2D eigenvalue weighted by Gasteiger charge is -2.53. The molecule has 7 heteroatoms. The lowest BCUT2D eigenvalue weighted by Crippen LogP contribution is -2.63. The zero-order valence-electron chi connectivity index (χ0n) is 13.3. The Morgan fingerprint density at radius 3 is 2.39 bits per heavy atom. The van der Waals surface area contributed by atoms with Crippen LogP contribution in [0, 0.1) is 13.8 Å². The highest BCUT2D eigenvalue weighted by Gasteiger charge is 2.51. The molecule has 0 saturated carbocycles. The Kier molecular flexibility index (Phi) is 3.98. The summed E-state index contributed by atoms with van der Waals surface area (Å²) in [5, 5.41) is 9.31. The number of rotatable bonds is 3. The van der Waals surface area contributed by atoms with Crippen molar-refractivity contribution in [3.63, 3.8) is 0 Å². The second kappa shape index (κ2) is 5.58. The van der Waals surface area contributed by atoms with E-state index in [1.54, 1.807) is 19.9 Å². The van der Waals surface area contributed by atoms with Crippen LogP contribution in [0.4, 0.5) is 0 Å². The van der Waals surface area contributed by atoms with Gasteiger partial charge < -0.3 is 9.84 Å². The fourth-order valence-electron chi connectivity index (χ4n) is 3.47. The van der Waals surface area contributed by atoms with Crippen LogP contribution in [0.2, 0.25) is 0 Å². The standard InChI is InChI=1S/C16H21NO5S/c1-11-9-13(10-14(12(11)2)15(18)19)23(20,21)17-6-3-16(17)4-7-22-8-5-16/h9-10H,3-8H2,1-2H3,(H,18,19). The van der Waals surface area contributed by atoms with E-state index in [0.29, 0.717) is 43.7 Å². The van der Waals surface area contributed by atoms with Crippen molar-refractivity contribution in [1.82, 2.24) is 4.31 Å². The minimum atomic E-state index is -3.69. The molecule has 3 rings (SSSR count). The van der Waals surface area contributed by atoms with Gasteiger partial charge in [0.15, 0.2) is 0 Å². The van der Waals surface area contributed by atoms with Crippen molar-refractivity contribution in [1.29, 1.82) is 0 Å². The monoisotopic (exact) mass is 339 g/mol. The van der Waals surface area contributed by atoms with E-state index in [0.717, 1.165) is 6.42 Å². The molecule has 1 aromatic carbocycles. The third kappa shape index (κ3) is 2.56. The molecule has 0 unspecified atom stereocenters. The van der Waals surface area contributed by atoms with Crippen LogP contribution < -0.4 is 0 Å². The van der Waals surface area contributed by atoms with Crippen LogP contribution in [-0.2, 0) is 14.8 Å². The Morgan fingerprint density at radius 2 is 1.87 bits per heavy atom. The van der Waals surface area contributed by atoms with Gasteiger partial charge in [-0.1, -0.05) is 0 Å². The quantitative estimate of drug-likeness (QED) is 0.910. The van der Waals surface area contributed by atoms with Gasteiger partial charge in [0.1, 0.15) is 0 Å². The number of ether oxygens (including phenoxy) is 1. The van der Waals surface area contributed by atoms with E-state index in [-0.39, 0.29) is 16.0 Å². The van der Waals surface area contributed by atoms with Crippen molar-refractivity contribution in [3.05, 3.63) is 28.8 Å². The Morgan fingerprint density at radius 1 is 1.22 bits per heavy atom. The molecule has 1 N–H and O–H groups in total. The summed E-state index contributed by atoms with van der Waals surface area (Å²) in [5.74, 6) is -1.10. The summed E-state index contributed by atoms with van der Waals surface area (Å²) >= 11 is 0. The number of carboxylic acid groups (broad SMARTS) is 1. The van der Waals surface area contributed by atoms with Crippen LogP contribution in [0.1, 0.15) is 40.7 Å². The number of nitrogens with zero attached hydrogens (tertiary/aromatic N) is 1. The van der Waals surface area contributed by atoms with E-state index in [4.69, 9.17) is 4.74 Å². The lowest BCUT2D eigenvalue weighted by atomic mass is 9.81. The minimum Gasteiger partial charge on any atom is -0.478 e. The first-order valence-corrected chi connectivity index (χ1v) is 9.17. The summed E-state index contributed by atoms with van der Waals surface area (Å²) in [6.07, 6.45) is 2.23. The van der Waals surface area contributed by atoms with Crippen molar-refractivity contribution in [2.45, 2.75) is 43.5 Å². The topological polar surface area (TPSA) is 83.9 Å². The number of hydrogen-bond donors (Lipinski definition) is 1. The van der Waals surface area contributed by atoms with Gasteiger partial charge in [0.2, 0.25) is 10.0 Å². The molecule has 2 aliphatic heterocycles. The van der Waals surface area contributed by atoms with Gasteiger partial charge in [-0.25, -0.2) is 13.2 Å². The Bertz CT molecular complexity index is 750. The highest BCUT2D eigenvalue weighted by molar-refractivity contribution is 7.89. The number of carbonyl (C=O) groups is 1. The molecular formula is C16H21NO5S. The third-order valence-electron chi connectivity index (χ3n) is 5.19. The van der Waals surface area contributed by atoms with E-state index in [1.165, 1.54) is 10.4 Å². The molecule has 0 aliphatic carbocycles. The summed E-state index contributed by atoms with van der Waals surface area (Å²) < 4.78 is 32.9. The Balaban J connectivity index is 2.02. The van der Waals surface area contributed by atoms with Crippen molar-refractivity contribution in [2.24, 2.45) is 0 Å². The van der Waals surface area contributed by atoms with Gasteiger partial charge in [-0.05, 0) is 56.4 Å². The molecular weight excluding hydrogens is 318 g/mol. The molecule has 0 bridgehead atoms. The first-order valence-electron chi connectivity index (χ1n) is 7.73. The SMILES string of the molecule is Cc1cc(S(=O)(=O)N2CCC23CCOCC3)cc(C(=O)O)c1C. The molecule has 0 aromatic heterocycles. The number of sulfonamides is 1. The minimum absolute atomic E-state index is 0.0464. The van der Waals surface area contributed by atoms with Gasteiger partial charge in [-0.15, -0.1) is 0 Å². The summed E-state index contributed by atoms with van der Waals surface area (Å²) in [4.78, 5) is 11.4. The molecule has 0 radical (unpaired) electrons. The molecule has 1 aromatic rings. The molecule has 0 amide bonds. The van der Waals surface area contributed by atoms with Crippen LogP contribution in [-0.4, -0.2) is 49.1 Å². The van der Waals surface area contributed by atoms with Crippen molar-refractivity contribution < 1.29 is 23.1 Å². The van der Waals surface area contributed by atoms with Crippen LogP contribution in [0.3, 0.4) is 0 Å². The van der Waals surface area contributed by atoms with Gasteiger partial charge in [0.05, 0.1) is 10.5 Å². The number of benzene rings is 1. The molecule has 1 spiro atoms. The fraction of sp³-hybridized carbons (Fsp3) is 0.562. The lowest BCUT2D eigenvalue weighted by molar-refractivity contribution is -0.0426. The zero-order chi connectivity index (χ0) is 16.8. The second-order valence-electron chi connectivity index (χ2n) is 6.38. The smallest absolute Gasteiger partial charge is 0.336 e. The van der Waals surface area contributed by atoms with Crippen LogP contribution in [0.5, 0.6) is 0 Å². The molecule has 6 nitrogen and oxygen atoms in total. The first-order chi connectivity index (χ1) is 10.8. The predicted molar refractivity (Wildman–Crippen MR) is 84.2 cm³/mol. The molecule has 126 valence electrons. The molecule has 0 atom stereocenters. The number of hydrogen-bond acceptors (Lipinski definition) is 4. The van der Waals surface area contributed by atoms with Gasteiger partial charge in [-0.3, -0.25) is 0 Å². The van der Waals surface area contributed by atoms with Gasteiger partial charge in [-0.2, -0.15) is 4.31 Å². The maximum absolute atomic E-state index is 13.0. The third-order valence-corrected chi connectivity index (χ3v) is 7.17. The normalized spacial score (nSPS) is 21.1. The maximum atomic E-state index is 13.0. The predicted octanol–water partition coefficient (Wildman–Crippen LogP) is 1.95. The number of aryl methyl sites for hydroxylation is 1. The van der Waals surface area contributed by atoms with Crippen LogP contribution in [0.25, 0.3) is 0 Å². The Labute approximate surface area is 136 Å². The van der Waals surface area contributed by atoms with Crippen molar-refractivity contribution in [2.75, 3.05) is 19.8 Å². The largest absolute Gasteiger partial charge is 0.478 e. The summed E-state index contributed by atoms with van der Waals surface area (Å²) in [5.41, 5.74) is 0.968. The molecule has 23 heavy (non-hydrogen) atoms. The number of carboxylic acids is 1. The van der Waals surface area contributed by atoms with Crippen molar-refractivity contribution in [3.8, 4) is 0 Å². The fourth-order valence-corrected chi connectivity index (χ4v) is 5.43. The van der Waals surface area contributed by atoms with E-state index in [9.17, 15) is 18.3 Å². The van der Waals surface area contributed by atoms with E-state index in [1.807, 2.05) is 0 Å². The first kappa shape index (κ1) is 16.4.